The minimum absolute atomic E-state index is 0.0959. The minimum Gasteiger partial charge on any atom is -0.463 e. The van der Waals surface area contributed by atoms with Crippen LogP contribution in [0.1, 0.15) is 33.4 Å². The summed E-state index contributed by atoms with van der Waals surface area (Å²) in [7, 11) is -4.37. The van der Waals surface area contributed by atoms with Crippen LogP contribution in [0.4, 0.5) is 8.78 Å². The predicted molar refractivity (Wildman–Crippen MR) is 99.6 cm³/mol. The molecule has 3 heterocycles. The molecule has 0 aliphatic carbocycles. The molecule has 5 atom stereocenters. The number of carbonyl (C=O) groups excluding carboxylic acids is 1. The van der Waals surface area contributed by atoms with E-state index in [1.54, 1.807) is 20.8 Å². The number of nitrogens with zero attached hydrogens (tertiary/aromatic N) is 1. The smallest absolute Gasteiger partial charge is 0.463 e. The molecule has 174 valence electrons. The molecule has 14 heteroatoms. The van der Waals surface area contributed by atoms with Gasteiger partial charge in [-0.05, 0) is 20.3 Å². The van der Waals surface area contributed by atoms with E-state index >= 15 is 0 Å². The lowest BCUT2D eigenvalue weighted by Crippen LogP contribution is -2.45. The fourth-order valence-corrected chi connectivity index (χ4v) is 4.46. The summed E-state index contributed by atoms with van der Waals surface area (Å²) >= 11 is 0. The van der Waals surface area contributed by atoms with E-state index in [1.165, 1.54) is 0 Å². The molecule has 2 unspecified atom stereocenters. The minimum atomic E-state index is -4.37. The van der Waals surface area contributed by atoms with Crippen molar-refractivity contribution in [2.75, 3.05) is 13.2 Å². The summed E-state index contributed by atoms with van der Waals surface area (Å²) in [5.74, 6) is -4.85. The third-order valence-corrected chi connectivity index (χ3v) is 6.10. The van der Waals surface area contributed by atoms with E-state index in [4.69, 9.17) is 23.0 Å². The van der Waals surface area contributed by atoms with Crippen molar-refractivity contribution in [3.8, 4) is 0 Å². The second kappa shape index (κ2) is 8.91. The number of hydrogen-bond acceptors (Lipinski definition) is 9. The molecule has 0 saturated carbocycles. The first kappa shape index (κ1) is 23.7. The number of fused-ring (bicyclic) bond motifs is 1. The van der Waals surface area contributed by atoms with Gasteiger partial charge in [0.05, 0.1) is 25.2 Å². The summed E-state index contributed by atoms with van der Waals surface area (Å²) < 4.78 is 68.3. The van der Waals surface area contributed by atoms with Crippen molar-refractivity contribution in [2.24, 2.45) is 5.92 Å². The number of phosphoric acid groups is 1. The highest BCUT2D eigenvalue weighted by molar-refractivity contribution is 7.48. The second-order valence-corrected chi connectivity index (χ2v) is 9.12. The maximum Gasteiger partial charge on any atom is 0.475 e. The molecule has 2 fully saturated rings. The van der Waals surface area contributed by atoms with Crippen molar-refractivity contribution in [3.63, 3.8) is 0 Å². The van der Waals surface area contributed by atoms with E-state index in [0.29, 0.717) is 4.57 Å². The van der Waals surface area contributed by atoms with Gasteiger partial charge < -0.3 is 9.47 Å². The molecule has 2 saturated heterocycles. The average molecular weight is 468 g/mol. The van der Waals surface area contributed by atoms with Crippen LogP contribution in [-0.4, -0.2) is 53.0 Å². The van der Waals surface area contributed by atoms with Gasteiger partial charge in [-0.15, -0.1) is 0 Å². The number of rotatable bonds is 7. The number of H-pyrrole nitrogens is 1. The Hall–Kier alpha value is -1.92. The Labute approximate surface area is 175 Å². The van der Waals surface area contributed by atoms with E-state index in [9.17, 15) is 27.7 Å². The molecular weight excluding hydrogens is 445 g/mol. The normalized spacial score (nSPS) is 30.7. The monoisotopic (exact) mass is 468 g/mol. The third kappa shape index (κ3) is 5.12. The fraction of sp³-hybridized carbons (Fsp3) is 0.706. The van der Waals surface area contributed by atoms with Gasteiger partial charge in [0.2, 0.25) is 6.23 Å². The van der Waals surface area contributed by atoms with E-state index < -0.39 is 61.9 Å². The van der Waals surface area contributed by atoms with Crippen molar-refractivity contribution in [2.45, 2.75) is 57.7 Å². The summed E-state index contributed by atoms with van der Waals surface area (Å²) in [4.78, 5) is 36.7. The number of ether oxygens (including phenoxy) is 2. The van der Waals surface area contributed by atoms with Crippen molar-refractivity contribution in [1.29, 1.82) is 0 Å². The Morgan fingerprint density at radius 1 is 1.39 bits per heavy atom. The van der Waals surface area contributed by atoms with Crippen LogP contribution in [0, 0.1) is 5.92 Å². The number of aromatic amines is 1. The molecular formula is C17H23F2N2O9P. The van der Waals surface area contributed by atoms with Gasteiger partial charge in [-0.3, -0.25) is 32.7 Å². The number of hydrogen-bond donors (Lipinski definition) is 1. The van der Waals surface area contributed by atoms with E-state index in [-0.39, 0.29) is 19.1 Å². The Kier molecular flexibility index (Phi) is 6.82. The Morgan fingerprint density at radius 2 is 2.10 bits per heavy atom. The molecule has 0 spiro atoms. The number of alkyl halides is 2. The van der Waals surface area contributed by atoms with Gasteiger partial charge in [-0.25, -0.2) is 9.36 Å². The van der Waals surface area contributed by atoms with Gasteiger partial charge in [0.25, 0.3) is 5.56 Å². The van der Waals surface area contributed by atoms with Crippen molar-refractivity contribution >= 4 is 13.8 Å². The third-order valence-electron chi connectivity index (χ3n) is 4.65. The number of phosphoric ester groups is 1. The van der Waals surface area contributed by atoms with Crippen molar-refractivity contribution in [1.82, 2.24) is 9.55 Å². The van der Waals surface area contributed by atoms with Crippen molar-refractivity contribution in [3.05, 3.63) is 33.1 Å². The van der Waals surface area contributed by atoms with Crippen LogP contribution in [0.25, 0.3) is 0 Å². The van der Waals surface area contributed by atoms with Crippen LogP contribution in [0.5, 0.6) is 0 Å². The lowest BCUT2D eigenvalue weighted by Gasteiger charge is -2.31. The molecule has 11 nitrogen and oxygen atoms in total. The first-order valence-corrected chi connectivity index (χ1v) is 11.0. The Morgan fingerprint density at radius 3 is 2.74 bits per heavy atom. The lowest BCUT2D eigenvalue weighted by atomic mass is 10.1. The zero-order chi connectivity index (χ0) is 23.0. The number of esters is 1. The molecule has 1 aromatic rings. The van der Waals surface area contributed by atoms with Crippen LogP contribution in [-0.2, 0) is 32.4 Å². The molecule has 2 aliphatic rings. The standard InChI is InChI=1S/C17H23F2N2O9P/c1-9(2)28-14(23)10(3)5-7-26-31(25)27-8-11-13(30-31)17(18,19)15(29-11)21-6-4-12(22)20-16(21)24/h4,6,9-11,13,15H,5,7-8H2,1-3H3,(H,20,22,24)/t10-,11?,13-,15-,31?/m1/s1. The van der Waals surface area contributed by atoms with Gasteiger partial charge >= 0.3 is 25.4 Å². The first-order valence-electron chi connectivity index (χ1n) is 9.55. The van der Waals surface area contributed by atoms with E-state index in [2.05, 4.69) is 0 Å². The summed E-state index contributed by atoms with van der Waals surface area (Å²) in [5, 5.41) is 0. The lowest BCUT2D eigenvalue weighted by molar-refractivity contribution is -0.152. The molecule has 0 bridgehead atoms. The van der Waals surface area contributed by atoms with Gasteiger partial charge in [0.1, 0.15) is 6.10 Å². The second-order valence-electron chi connectivity index (χ2n) is 7.50. The highest BCUT2D eigenvalue weighted by Gasteiger charge is 2.65. The highest BCUT2D eigenvalue weighted by atomic mass is 31.2. The topological polar surface area (TPSA) is 135 Å². The van der Waals surface area contributed by atoms with Gasteiger partial charge in [-0.1, -0.05) is 6.92 Å². The summed E-state index contributed by atoms with van der Waals surface area (Å²) in [5.41, 5.74) is -1.86. The number of halogens is 2. The summed E-state index contributed by atoms with van der Waals surface area (Å²) in [6, 6.07) is 0.889. The van der Waals surface area contributed by atoms with E-state index in [1.807, 2.05) is 4.98 Å². The maximum absolute atomic E-state index is 14.9. The fourth-order valence-electron chi connectivity index (χ4n) is 3.05. The van der Waals surface area contributed by atoms with Crippen molar-refractivity contribution < 1.29 is 41.2 Å². The average Bonchev–Trinajstić information content (AvgIpc) is 2.91. The number of aromatic nitrogens is 2. The number of nitrogens with one attached hydrogen (secondary N) is 1. The zero-order valence-corrected chi connectivity index (χ0v) is 17.9. The zero-order valence-electron chi connectivity index (χ0n) is 17.0. The van der Waals surface area contributed by atoms with Crippen LogP contribution >= 0.6 is 7.82 Å². The molecule has 0 aromatic carbocycles. The SMILES string of the molecule is CC(C)OC(=O)[C@H](C)CCOP1(=O)OCC2O[C@@H](n3ccc(=O)[nH]c3=O)C(F)(F)[C@@H]2O1. The molecule has 31 heavy (non-hydrogen) atoms. The molecule has 0 amide bonds. The molecule has 3 rings (SSSR count). The molecule has 1 aromatic heterocycles. The molecule has 0 radical (unpaired) electrons. The Balaban J connectivity index is 1.65. The van der Waals surface area contributed by atoms with Crippen LogP contribution in [0.2, 0.25) is 0 Å². The largest absolute Gasteiger partial charge is 0.475 e. The van der Waals surface area contributed by atoms with Gasteiger partial charge in [0.15, 0.2) is 6.10 Å². The van der Waals surface area contributed by atoms with Gasteiger partial charge in [-0.2, -0.15) is 8.78 Å². The molecule has 1 N–H and O–H groups in total. The Bertz CT molecular complexity index is 979. The quantitative estimate of drug-likeness (QED) is 0.467. The summed E-state index contributed by atoms with van der Waals surface area (Å²) in [6.07, 6.45) is -4.79. The predicted octanol–water partition coefficient (Wildman–Crippen LogP) is 1.59. The summed E-state index contributed by atoms with van der Waals surface area (Å²) in [6.45, 7) is 4.17. The molecule has 2 aliphatic heterocycles. The number of carbonyl (C=O) groups is 1. The van der Waals surface area contributed by atoms with Crippen LogP contribution in [0.3, 0.4) is 0 Å². The van der Waals surface area contributed by atoms with Crippen LogP contribution in [0.15, 0.2) is 21.9 Å². The van der Waals surface area contributed by atoms with Gasteiger partial charge in [0, 0.05) is 12.3 Å². The van der Waals surface area contributed by atoms with E-state index in [0.717, 1.165) is 12.3 Å². The first-order chi connectivity index (χ1) is 14.4. The highest BCUT2D eigenvalue weighted by Crippen LogP contribution is 2.59. The van der Waals surface area contributed by atoms with Crippen LogP contribution < -0.4 is 11.2 Å². The maximum atomic E-state index is 14.9.